The Kier molecular flexibility index (Phi) is 6.44. The number of carbonyl (C=O) groups is 3. The minimum absolute atomic E-state index is 0.0406. The molecular weight excluding hydrogens is 508 g/mol. The lowest BCUT2D eigenvalue weighted by Crippen LogP contribution is -2.66. The Morgan fingerprint density at radius 2 is 1.71 bits per heavy atom. The Morgan fingerprint density at radius 1 is 1.00 bits per heavy atom. The highest BCUT2D eigenvalue weighted by Gasteiger charge is 2.70. The lowest BCUT2D eigenvalue weighted by molar-refractivity contribution is -0.176. The second-order valence-electron chi connectivity index (χ2n) is 16.4. The van der Waals surface area contributed by atoms with Gasteiger partial charge in [0.05, 0.1) is 5.57 Å². The van der Waals surface area contributed by atoms with E-state index in [4.69, 9.17) is 0 Å². The van der Waals surface area contributed by atoms with Crippen LogP contribution in [0.4, 0.5) is 0 Å². The number of carbonyl (C=O) groups excluding carboxylic acids is 3. The summed E-state index contributed by atoms with van der Waals surface area (Å²) in [5.41, 5.74) is -0.209. The van der Waals surface area contributed by atoms with E-state index in [1.165, 1.54) is 0 Å². The van der Waals surface area contributed by atoms with Crippen LogP contribution in [0.25, 0.3) is 0 Å². The van der Waals surface area contributed by atoms with Crippen LogP contribution in [0, 0.1) is 73.9 Å². The topological polar surface area (TPSA) is 87.0 Å². The van der Waals surface area contributed by atoms with Crippen LogP contribution in [0.2, 0.25) is 0 Å². The van der Waals surface area contributed by atoms with Crippen molar-refractivity contribution in [2.75, 3.05) is 6.54 Å². The molecule has 6 aliphatic rings. The van der Waals surface area contributed by atoms with Crippen LogP contribution in [0.15, 0.2) is 23.3 Å². The molecule has 41 heavy (non-hydrogen) atoms. The van der Waals surface area contributed by atoms with Gasteiger partial charge in [0.2, 0.25) is 5.91 Å². The van der Waals surface area contributed by atoms with Crippen LogP contribution < -0.4 is 5.32 Å². The fourth-order valence-electron chi connectivity index (χ4n) is 11.4. The fourth-order valence-corrected chi connectivity index (χ4v) is 11.4. The van der Waals surface area contributed by atoms with Gasteiger partial charge in [0.25, 0.3) is 0 Å². The summed E-state index contributed by atoms with van der Waals surface area (Å²) in [5.74, 6) is 1.73. The molecule has 4 saturated carbocycles. The van der Waals surface area contributed by atoms with Gasteiger partial charge in [0.1, 0.15) is 6.07 Å². The van der Waals surface area contributed by atoms with Crippen molar-refractivity contribution in [1.29, 1.82) is 5.26 Å². The molecule has 6 aliphatic carbocycles. The molecule has 1 amide bonds. The summed E-state index contributed by atoms with van der Waals surface area (Å²) in [5, 5.41) is 13.3. The number of rotatable bonds is 3. The van der Waals surface area contributed by atoms with Gasteiger partial charge in [-0.1, -0.05) is 66.5 Å². The first-order valence-electron chi connectivity index (χ1n) is 16.4. The van der Waals surface area contributed by atoms with E-state index in [0.717, 1.165) is 63.4 Å². The molecule has 0 heterocycles. The lowest BCUT2D eigenvalue weighted by atomic mass is 9.34. The molecule has 6 rings (SSSR count). The molecule has 9 atom stereocenters. The second kappa shape index (κ2) is 9.14. The van der Waals surface area contributed by atoms with Crippen LogP contribution in [0.5, 0.6) is 0 Å². The summed E-state index contributed by atoms with van der Waals surface area (Å²) in [4.78, 5) is 40.9. The van der Waals surface area contributed by atoms with Gasteiger partial charge < -0.3 is 5.32 Å². The number of allylic oxidation sites excluding steroid dienone is 4. The maximum atomic E-state index is 14.7. The van der Waals surface area contributed by atoms with Gasteiger partial charge in [-0.15, -0.1) is 0 Å². The van der Waals surface area contributed by atoms with Gasteiger partial charge in [0, 0.05) is 29.2 Å². The molecular formula is C36H50N2O3. The third kappa shape index (κ3) is 3.67. The Bertz CT molecular complexity index is 1300. The molecule has 0 aliphatic heterocycles. The minimum Gasteiger partial charge on any atom is -0.355 e. The largest absolute Gasteiger partial charge is 0.355 e. The predicted octanol–water partition coefficient (Wildman–Crippen LogP) is 6.98. The number of nitrogens with one attached hydrogen (secondary N) is 1. The van der Waals surface area contributed by atoms with Crippen LogP contribution in [-0.2, 0) is 14.4 Å². The first kappa shape index (κ1) is 28.9. The molecule has 0 spiro atoms. The summed E-state index contributed by atoms with van der Waals surface area (Å²) in [6.45, 7) is 16.4. The zero-order chi connectivity index (χ0) is 29.8. The number of hydrogen-bond donors (Lipinski definition) is 1. The molecule has 222 valence electrons. The monoisotopic (exact) mass is 558 g/mol. The minimum atomic E-state index is -0.648. The Balaban J connectivity index is 1.44. The van der Waals surface area contributed by atoms with Gasteiger partial charge in [-0.3, -0.25) is 14.4 Å². The molecule has 0 bridgehead atoms. The van der Waals surface area contributed by atoms with E-state index in [1.807, 2.05) is 26.0 Å². The van der Waals surface area contributed by atoms with E-state index in [2.05, 4.69) is 46.0 Å². The number of ketones is 2. The van der Waals surface area contributed by atoms with E-state index in [9.17, 15) is 19.6 Å². The predicted molar refractivity (Wildman–Crippen MR) is 159 cm³/mol. The van der Waals surface area contributed by atoms with Crippen molar-refractivity contribution in [2.24, 2.45) is 62.6 Å². The van der Waals surface area contributed by atoms with E-state index < -0.39 is 10.8 Å². The Hall–Kier alpha value is -2.22. The maximum absolute atomic E-state index is 14.7. The van der Waals surface area contributed by atoms with E-state index >= 15 is 0 Å². The molecule has 5 heteroatoms. The van der Waals surface area contributed by atoms with Crippen molar-refractivity contribution >= 4 is 17.5 Å². The van der Waals surface area contributed by atoms with Gasteiger partial charge >= 0.3 is 0 Å². The maximum Gasteiger partial charge on any atom is 0.223 e. The highest BCUT2D eigenvalue weighted by molar-refractivity contribution is 6.04. The molecule has 4 fully saturated rings. The van der Waals surface area contributed by atoms with Crippen LogP contribution in [0.1, 0.15) is 106 Å². The van der Waals surface area contributed by atoms with Gasteiger partial charge in [0.15, 0.2) is 11.6 Å². The van der Waals surface area contributed by atoms with Crippen LogP contribution in [-0.4, -0.2) is 24.0 Å². The average Bonchev–Trinajstić information content (AvgIpc) is 2.88. The average molecular weight is 559 g/mol. The van der Waals surface area contributed by atoms with Crippen molar-refractivity contribution in [3.63, 3.8) is 0 Å². The molecule has 0 aromatic heterocycles. The zero-order valence-corrected chi connectivity index (χ0v) is 26.4. The third-order valence-corrected chi connectivity index (χ3v) is 14.5. The van der Waals surface area contributed by atoms with Crippen molar-refractivity contribution in [1.82, 2.24) is 5.32 Å². The Morgan fingerprint density at radius 3 is 2.34 bits per heavy atom. The van der Waals surface area contributed by atoms with Gasteiger partial charge in [-0.25, -0.2) is 0 Å². The summed E-state index contributed by atoms with van der Waals surface area (Å²) >= 11 is 0. The van der Waals surface area contributed by atoms with Crippen molar-refractivity contribution < 1.29 is 14.4 Å². The quantitative estimate of drug-likeness (QED) is 0.405. The van der Waals surface area contributed by atoms with E-state index in [0.29, 0.717) is 18.4 Å². The van der Waals surface area contributed by atoms with E-state index in [1.54, 1.807) is 0 Å². The molecule has 0 unspecified atom stereocenters. The molecule has 0 aromatic carbocycles. The Labute approximate surface area is 247 Å². The SMILES string of the molecule is C[C@@H]1[C@H]2[C@H]3C(=O)C=C4[C@@]5(C)C=C(C#N)C(=O)C(C)(C)[C@@H]5CC[C@@]4(C)[C@]3(C)CC[C@@]2(CNC(=O)C2CCC2)CC[C@H]1C. The summed E-state index contributed by atoms with van der Waals surface area (Å²) < 4.78 is 0. The lowest BCUT2D eigenvalue weighted by Gasteiger charge is -2.69. The number of nitriles is 1. The number of fused-ring (bicyclic) bond motifs is 7. The summed E-state index contributed by atoms with van der Waals surface area (Å²) in [6, 6.07) is 2.21. The van der Waals surface area contributed by atoms with Crippen molar-refractivity contribution in [3.8, 4) is 6.07 Å². The fraction of sp³-hybridized carbons (Fsp3) is 0.778. The smallest absolute Gasteiger partial charge is 0.223 e. The third-order valence-electron chi connectivity index (χ3n) is 14.5. The molecule has 5 nitrogen and oxygen atoms in total. The van der Waals surface area contributed by atoms with Crippen molar-refractivity contribution in [2.45, 2.75) is 106 Å². The second-order valence-corrected chi connectivity index (χ2v) is 16.4. The van der Waals surface area contributed by atoms with Crippen LogP contribution >= 0.6 is 0 Å². The zero-order valence-electron chi connectivity index (χ0n) is 26.4. The summed E-state index contributed by atoms with van der Waals surface area (Å²) in [7, 11) is 0. The van der Waals surface area contributed by atoms with Crippen LogP contribution in [0.3, 0.4) is 0 Å². The first-order chi connectivity index (χ1) is 19.2. The van der Waals surface area contributed by atoms with Gasteiger partial charge in [-0.05, 0) is 97.4 Å². The van der Waals surface area contributed by atoms with E-state index in [-0.39, 0.29) is 63.0 Å². The molecule has 0 aromatic rings. The number of amides is 1. The van der Waals surface area contributed by atoms with Crippen molar-refractivity contribution in [3.05, 3.63) is 23.3 Å². The molecule has 1 N–H and O–H groups in total. The molecule has 0 radical (unpaired) electrons. The summed E-state index contributed by atoms with van der Waals surface area (Å²) in [6.07, 6.45) is 13.2. The highest BCUT2D eigenvalue weighted by Crippen LogP contribution is 2.74. The standard InChI is InChI=1S/C36H50N2O3/c1-21-11-14-36(20-38-31(41)23-9-8-10-23)16-15-35(7)29(28(36)22(21)2)25(39)17-27-33(5)18-24(19-37)30(40)32(3,4)26(33)12-13-34(27,35)6/h17-18,21-23,26,28-29H,8-16,20H2,1-7H3,(H,38,41)/t21-,22+,26+,28+,29-,33+,34-,35-,36-/m1/s1. The number of nitrogens with zero attached hydrogens (tertiary/aromatic N) is 1. The number of Topliss-reactive ketones (excluding diaryl/α,β-unsaturated/α-hetero) is 1. The van der Waals surface area contributed by atoms with Gasteiger partial charge in [-0.2, -0.15) is 5.26 Å². The first-order valence-corrected chi connectivity index (χ1v) is 16.4. The highest BCUT2D eigenvalue weighted by atomic mass is 16.2. The number of hydrogen-bond acceptors (Lipinski definition) is 4. The normalized spacial score (nSPS) is 46.8. The molecule has 0 saturated heterocycles.